The third-order valence-corrected chi connectivity index (χ3v) is 7.97. The SMILES string of the molecule is CNCC(O)COc1cccc(-c2nc(NC3CCOCC3)c(C)c(N3CCN(S(C)(=O)=O)CC3)n2)c1. The van der Waals surface area contributed by atoms with Crippen molar-refractivity contribution in [3.8, 4) is 17.1 Å². The van der Waals surface area contributed by atoms with Gasteiger partial charge in [-0.05, 0) is 38.9 Å². The molecule has 0 spiro atoms. The minimum Gasteiger partial charge on any atom is -0.491 e. The van der Waals surface area contributed by atoms with Crippen LogP contribution >= 0.6 is 0 Å². The molecular weight excluding hydrogens is 496 g/mol. The molecular formula is C25H38N6O5S. The molecule has 12 heteroatoms. The number of sulfonamides is 1. The maximum atomic E-state index is 12.0. The molecule has 2 aromatic rings. The summed E-state index contributed by atoms with van der Waals surface area (Å²) < 4.78 is 36.8. The zero-order valence-electron chi connectivity index (χ0n) is 21.8. The molecule has 0 aliphatic carbocycles. The van der Waals surface area contributed by atoms with Crippen LogP contribution in [-0.2, 0) is 14.8 Å². The molecule has 2 saturated heterocycles. The van der Waals surface area contributed by atoms with Gasteiger partial charge in [0.15, 0.2) is 5.82 Å². The summed E-state index contributed by atoms with van der Waals surface area (Å²) in [5.74, 6) is 2.75. The van der Waals surface area contributed by atoms with Crippen molar-refractivity contribution >= 4 is 21.7 Å². The summed E-state index contributed by atoms with van der Waals surface area (Å²) in [5.41, 5.74) is 1.73. The average Bonchev–Trinajstić information content (AvgIpc) is 2.89. The third-order valence-electron chi connectivity index (χ3n) is 6.66. The van der Waals surface area contributed by atoms with Gasteiger partial charge in [-0.15, -0.1) is 0 Å². The Kier molecular flexibility index (Phi) is 9.19. The number of likely N-dealkylation sites (N-methyl/N-ethyl adjacent to an activating group) is 1. The van der Waals surface area contributed by atoms with Crippen LogP contribution < -0.4 is 20.3 Å². The highest BCUT2D eigenvalue weighted by molar-refractivity contribution is 7.88. The third kappa shape index (κ3) is 7.29. The Balaban J connectivity index is 1.62. The molecule has 0 radical (unpaired) electrons. The minimum atomic E-state index is -3.23. The highest BCUT2D eigenvalue weighted by atomic mass is 32.2. The molecule has 2 aliphatic heterocycles. The lowest BCUT2D eigenvalue weighted by atomic mass is 10.1. The number of nitrogens with one attached hydrogen (secondary N) is 2. The van der Waals surface area contributed by atoms with E-state index in [-0.39, 0.29) is 12.6 Å². The van der Waals surface area contributed by atoms with Crippen LogP contribution in [0.25, 0.3) is 11.4 Å². The lowest BCUT2D eigenvalue weighted by Crippen LogP contribution is -2.48. The number of rotatable bonds is 10. The van der Waals surface area contributed by atoms with Gasteiger partial charge in [0.05, 0.1) is 6.26 Å². The molecule has 1 aromatic carbocycles. The number of ether oxygens (including phenoxy) is 2. The summed E-state index contributed by atoms with van der Waals surface area (Å²) >= 11 is 0. The molecule has 4 rings (SSSR count). The first kappa shape index (κ1) is 27.5. The number of nitrogens with zero attached hydrogens (tertiary/aromatic N) is 4. The Hall–Kier alpha value is -2.51. The number of benzene rings is 1. The van der Waals surface area contributed by atoms with Gasteiger partial charge >= 0.3 is 0 Å². The molecule has 1 aromatic heterocycles. The number of piperazine rings is 1. The van der Waals surface area contributed by atoms with Crippen molar-refractivity contribution in [1.29, 1.82) is 0 Å². The van der Waals surface area contributed by atoms with Crippen molar-refractivity contribution in [2.24, 2.45) is 0 Å². The van der Waals surface area contributed by atoms with Gasteiger partial charge in [-0.1, -0.05) is 12.1 Å². The molecule has 0 amide bonds. The van der Waals surface area contributed by atoms with E-state index in [2.05, 4.69) is 15.5 Å². The fraction of sp³-hybridized carbons (Fsp3) is 0.600. The van der Waals surface area contributed by atoms with E-state index in [4.69, 9.17) is 19.4 Å². The van der Waals surface area contributed by atoms with Gasteiger partial charge in [0.25, 0.3) is 0 Å². The number of hydrogen-bond donors (Lipinski definition) is 3. The number of hydrogen-bond acceptors (Lipinski definition) is 10. The largest absolute Gasteiger partial charge is 0.491 e. The van der Waals surface area contributed by atoms with Crippen LogP contribution in [0.4, 0.5) is 11.6 Å². The van der Waals surface area contributed by atoms with Gasteiger partial charge in [0, 0.05) is 63.1 Å². The molecule has 204 valence electrons. The smallest absolute Gasteiger partial charge is 0.211 e. The second-order valence-electron chi connectivity index (χ2n) is 9.57. The Morgan fingerprint density at radius 1 is 1.19 bits per heavy atom. The first-order valence-corrected chi connectivity index (χ1v) is 14.6. The fourth-order valence-electron chi connectivity index (χ4n) is 4.56. The predicted molar refractivity (Wildman–Crippen MR) is 144 cm³/mol. The van der Waals surface area contributed by atoms with Crippen molar-refractivity contribution in [3.05, 3.63) is 29.8 Å². The van der Waals surface area contributed by atoms with Crippen LogP contribution in [0.2, 0.25) is 0 Å². The summed E-state index contributed by atoms with van der Waals surface area (Å²) in [7, 11) is -1.45. The van der Waals surface area contributed by atoms with Crippen molar-refractivity contribution < 1.29 is 23.0 Å². The molecule has 11 nitrogen and oxygen atoms in total. The summed E-state index contributed by atoms with van der Waals surface area (Å²) in [6.45, 7) is 5.98. The van der Waals surface area contributed by atoms with E-state index in [1.807, 2.05) is 31.2 Å². The van der Waals surface area contributed by atoms with Gasteiger partial charge in [0.2, 0.25) is 10.0 Å². The zero-order valence-corrected chi connectivity index (χ0v) is 22.6. The van der Waals surface area contributed by atoms with E-state index in [9.17, 15) is 13.5 Å². The van der Waals surface area contributed by atoms with Crippen LogP contribution in [-0.4, -0.2) is 106 Å². The maximum absolute atomic E-state index is 12.0. The van der Waals surface area contributed by atoms with E-state index in [1.54, 1.807) is 7.05 Å². The van der Waals surface area contributed by atoms with E-state index < -0.39 is 16.1 Å². The van der Waals surface area contributed by atoms with E-state index in [1.165, 1.54) is 10.6 Å². The molecule has 2 fully saturated rings. The fourth-order valence-corrected chi connectivity index (χ4v) is 5.39. The zero-order chi connectivity index (χ0) is 26.4. The summed E-state index contributed by atoms with van der Waals surface area (Å²) in [5, 5.41) is 16.5. The monoisotopic (exact) mass is 534 g/mol. The summed E-state index contributed by atoms with van der Waals surface area (Å²) in [6.07, 6.45) is 2.44. The standard InChI is InChI=1S/C25H38N6O5S/c1-18-23(27-20-7-13-35-14-8-20)28-24(19-5-4-6-22(15-19)36-17-21(32)16-26-2)29-25(18)30-9-11-31(12-10-30)37(3,33)34/h4-6,15,20-21,26,32H,7-14,16-17H2,1-3H3,(H,27,28,29). The van der Waals surface area contributed by atoms with Crippen LogP contribution in [0.15, 0.2) is 24.3 Å². The maximum Gasteiger partial charge on any atom is 0.211 e. The first-order chi connectivity index (χ1) is 17.7. The van der Waals surface area contributed by atoms with E-state index in [0.717, 1.165) is 35.6 Å². The summed E-state index contributed by atoms with van der Waals surface area (Å²) in [6, 6.07) is 7.80. The molecule has 37 heavy (non-hydrogen) atoms. The van der Waals surface area contributed by atoms with Crippen molar-refractivity contribution in [3.63, 3.8) is 0 Å². The molecule has 2 aliphatic rings. The van der Waals surface area contributed by atoms with Crippen LogP contribution in [0.5, 0.6) is 5.75 Å². The Labute approximate surface area is 219 Å². The number of aliphatic hydroxyl groups excluding tert-OH is 1. The quantitative estimate of drug-likeness (QED) is 0.407. The average molecular weight is 535 g/mol. The lowest BCUT2D eigenvalue weighted by Gasteiger charge is -2.35. The Morgan fingerprint density at radius 3 is 2.59 bits per heavy atom. The van der Waals surface area contributed by atoms with Gasteiger partial charge in [0.1, 0.15) is 30.1 Å². The van der Waals surface area contributed by atoms with E-state index in [0.29, 0.717) is 57.5 Å². The first-order valence-electron chi connectivity index (χ1n) is 12.7. The van der Waals surface area contributed by atoms with Gasteiger partial charge in [-0.3, -0.25) is 0 Å². The van der Waals surface area contributed by atoms with Gasteiger partial charge in [-0.25, -0.2) is 18.4 Å². The van der Waals surface area contributed by atoms with Gasteiger partial charge < -0.3 is 30.1 Å². The topological polar surface area (TPSA) is 129 Å². The van der Waals surface area contributed by atoms with Crippen molar-refractivity contribution in [1.82, 2.24) is 19.6 Å². The summed E-state index contributed by atoms with van der Waals surface area (Å²) in [4.78, 5) is 12.0. The number of aliphatic hydroxyl groups is 1. The highest BCUT2D eigenvalue weighted by Crippen LogP contribution is 2.31. The molecule has 0 saturated carbocycles. The number of anilines is 2. The molecule has 1 unspecified atom stereocenters. The number of aromatic nitrogens is 2. The van der Waals surface area contributed by atoms with Crippen molar-refractivity contribution in [2.75, 3.05) is 76.1 Å². The molecule has 0 bridgehead atoms. The predicted octanol–water partition coefficient (Wildman–Crippen LogP) is 1.08. The molecule has 1 atom stereocenters. The molecule has 3 heterocycles. The Bertz CT molecular complexity index is 1150. The van der Waals surface area contributed by atoms with Crippen LogP contribution in [0.3, 0.4) is 0 Å². The highest BCUT2D eigenvalue weighted by Gasteiger charge is 2.27. The lowest BCUT2D eigenvalue weighted by molar-refractivity contribution is 0.0904. The van der Waals surface area contributed by atoms with Crippen LogP contribution in [0, 0.1) is 6.92 Å². The normalized spacial score (nSPS) is 18.5. The van der Waals surface area contributed by atoms with Crippen LogP contribution in [0.1, 0.15) is 18.4 Å². The molecule has 3 N–H and O–H groups in total. The van der Waals surface area contributed by atoms with Crippen molar-refractivity contribution in [2.45, 2.75) is 31.9 Å². The van der Waals surface area contributed by atoms with E-state index >= 15 is 0 Å². The van der Waals surface area contributed by atoms with Gasteiger partial charge in [-0.2, -0.15) is 4.31 Å². The second-order valence-corrected chi connectivity index (χ2v) is 11.6. The minimum absolute atomic E-state index is 0.172. The second kappa shape index (κ2) is 12.4. The Morgan fingerprint density at radius 2 is 1.92 bits per heavy atom.